The van der Waals surface area contributed by atoms with Gasteiger partial charge in [0.1, 0.15) is 0 Å². The van der Waals surface area contributed by atoms with E-state index in [4.69, 9.17) is 4.74 Å². The molecule has 1 saturated heterocycles. The molecule has 63 valence electrons. The highest BCUT2D eigenvalue weighted by molar-refractivity contribution is 5.54. The molecule has 2 atom stereocenters. The van der Waals surface area contributed by atoms with Crippen LogP contribution in [0, 0.1) is 11.8 Å². The van der Waals surface area contributed by atoms with Crippen LogP contribution in [0.1, 0.15) is 26.2 Å². The summed E-state index contributed by atoms with van der Waals surface area (Å²) in [5.41, 5.74) is 0. The van der Waals surface area contributed by atoms with Crippen molar-refractivity contribution in [3.63, 3.8) is 0 Å². The largest absolute Gasteiger partial charge is 0.381 e. The van der Waals surface area contributed by atoms with Gasteiger partial charge in [-0.15, -0.1) is 0 Å². The van der Waals surface area contributed by atoms with Gasteiger partial charge in [0.25, 0.3) is 0 Å². The van der Waals surface area contributed by atoms with E-state index in [9.17, 15) is 4.79 Å². The zero-order chi connectivity index (χ0) is 8.10. The quantitative estimate of drug-likeness (QED) is 0.618. The molecule has 1 aliphatic heterocycles. The standard InChI is InChI=1S/C9H15O2/c1-2-8(6-10)9-4-3-5-11-7-9/h8-9H,2-5,7H2,1H3. The molecule has 2 heteroatoms. The fraction of sp³-hybridized carbons (Fsp3) is 0.889. The van der Waals surface area contributed by atoms with Crippen LogP contribution in [0.5, 0.6) is 0 Å². The van der Waals surface area contributed by atoms with Crippen LogP contribution in [0.2, 0.25) is 0 Å². The molecular weight excluding hydrogens is 140 g/mol. The molecule has 0 aliphatic carbocycles. The number of carbonyl (C=O) groups excluding carboxylic acids is 1. The third-order valence-corrected chi connectivity index (χ3v) is 2.36. The summed E-state index contributed by atoms with van der Waals surface area (Å²) in [6, 6.07) is 0. The second-order valence-corrected chi connectivity index (χ2v) is 3.11. The normalized spacial score (nSPS) is 27.9. The maximum absolute atomic E-state index is 10.5. The van der Waals surface area contributed by atoms with E-state index in [1.807, 2.05) is 6.92 Å². The summed E-state index contributed by atoms with van der Waals surface area (Å²) in [5.74, 6) is 0.543. The molecule has 0 saturated carbocycles. The first-order valence-corrected chi connectivity index (χ1v) is 4.34. The topological polar surface area (TPSA) is 26.3 Å². The summed E-state index contributed by atoms with van der Waals surface area (Å²) in [5, 5.41) is 0. The molecule has 1 radical (unpaired) electrons. The molecule has 0 N–H and O–H groups in total. The average molecular weight is 155 g/mol. The highest BCUT2D eigenvalue weighted by Gasteiger charge is 2.22. The third-order valence-electron chi connectivity index (χ3n) is 2.36. The van der Waals surface area contributed by atoms with Crippen LogP contribution in [-0.4, -0.2) is 19.5 Å². The maximum Gasteiger partial charge on any atom is 0.202 e. The van der Waals surface area contributed by atoms with Gasteiger partial charge in [-0.2, -0.15) is 0 Å². The first kappa shape index (κ1) is 8.72. The minimum atomic E-state index is 0.107. The van der Waals surface area contributed by atoms with E-state index in [-0.39, 0.29) is 5.92 Å². The molecule has 0 bridgehead atoms. The summed E-state index contributed by atoms with van der Waals surface area (Å²) < 4.78 is 5.29. The molecule has 2 unspecified atom stereocenters. The Bertz CT molecular complexity index is 117. The molecule has 0 spiro atoms. The number of ether oxygens (including phenoxy) is 1. The molecule has 11 heavy (non-hydrogen) atoms. The van der Waals surface area contributed by atoms with Crippen LogP contribution in [0.3, 0.4) is 0 Å². The summed E-state index contributed by atoms with van der Waals surface area (Å²) in [4.78, 5) is 10.5. The minimum absolute atomic E-state index is 0.107. The van der Waals surface area contributed by atoms with Crippen molar-refractivity contribution in [1.82, 2.24) is 0 Å². The maximum atomic E-state index is 10.5. The van der Waals surface area contributed by atoms with Crippen molar-refractivity contribution in [3.05, 3.63) is 0 Å². The molecule has 1 rings (SSSR count). The lowest BCUT2D eigenvalue weighted by Gasteiger charge is -2.25. The van der Waals surface area contributed by atoms with Crippen molar-refractivity contribution < 1.29 is 9.53 Å². The summed E-state index contributed by atoms with van der Waals surface area (Å²) in [6.07, 6.45) is 5.22. The van der Waals surface area contributed by atoms with Crippen LogP contribution in [0.4, 0.5) is 0 Å². The molecule has 0 aromatic rings. The smallest absolute Gasteiger partial charge is 0.202 e. The zero-order valence-corrected chi connectivity index (χ0v) is 7.01. The van der Waals surface area contributed by atoms with E-state index in [1.165, 1.54) is 0 Å². The molecule has 0 amide bonds. The van der Waals surface area contributed by atoms with Crippen LogP contribution in [-0.2, 0) is 9.53 Å². The monoisotopic (exact) mass is 155 g/mol. The summed E-state index contributed by atoms with van der Waals surface area (Å²) in [6.45, 7) is 3.66. The van der Waals surface area contributed by atoms with Crippen LogP contribution in [0.25, 0.3) is 0 Å². The minimum Gasteiger partial charge on any atom is -0.381 e. The summed E-state index contributed by atoms with van der Waals surface area (Å²) >= 11 is 0. The van der Waals surface area contributed by atoms with Crippen molar-refractivity contribution in [2.24, 2.45) is 11.8 Å². The second kappa shape index (κ2) is 4.50. The van der Waals surface area contributed by atoms with Gasteiger partial charge in [-0.3, -0.25) is 4.79 Å². The fourth-order valence-corrected chi connectivity index (χ4v) is 1.60. The fourth-order valence-electron chi connectivity index (χ4n) is 1.60. The molecule has 2 nitrogen and oxygen atoms in total. The number of hydrogen-bond acceptors (Lipinski definition) is 2. The number of rotatable bonds is 3. The SMILES string of the molecule is CCC([C]=O)C1CCCOC1. The Morgan fingerprint density at radius 2 is 2.55 bits per heavy atom. The third kappa shape index (κ3) is 2.29. The summed E-state index contributed by atoms with van der Waals surface area (Å²) in [7, 11) is 0. The van der Waals surface area contributed by atoms with E-state index in [0.717, 1.165) is 32.5 Å². The van der Waals surface area contributed by atoms with Gasteiger partial charge in [-0.1, -0.05) is 6.92 Å². The van der Waals surface area contributed by atoms with Gasteiger partial charge in [-0.25, -0.2) is 0 Å². The predicted octanol–water partition coefficient (Wildman–Crippen LogP) is 1.55. The van der Waals surface area contributed by atoms with Gasteiger partial charge in [0, 0.05) is 12.5 Å². The van der Waals surface area contributed by atoms with Crippen molar-refractivity contribution in [1.29, 1.82) is 0 Å². The van der Waals surface area contributed by atoms with Crippen LogP contribution < -0.4 is 0 Å². The second-order valence-electron chi connectivity index (χ2n) is 3.11. The van der Waals surface area contributed by atoms with Crippen molar-refractivity contribution >= 4 is 6.29 Å². The van der Waals surface area contributed by atoms with E-state index in [2.05, 4.69) is 6.29 Å². The predicted molar refractivity (Wildman–Crippen MR) is 43.0 cm³/mol. The molecule has 0 aromatic carbocycles. The molecule has 1 fully saturated rings. The first-order chi connectivity index (χ1) is 5.38. The van der Waals surface area contributed by atoms with Gasteiger partial charge in [0.15, 0.2) is 0 Å². The van der Waals surface area contributed by atoms with Crippen LogP contribution >= 0.6 is 0 Å². The van der Waals surface area contributed by atoms with Crippen LogP contribution in [0.15, 0.2) is 0 Å². The van der Waals surface area contributed by atoms with E-state index < -0.39 is 0 Å². The van der Waals surface area contributed by atoms with Gasteiger partial charge in [0.2, 0.25) is 6.29 Å². The lowest BCUT2D eigenvalue weighted by atomic mass is 9.87. The Balaban J connectivity index is 2.35. The van der Waals surface area contributed by atoms with Crippen molar-refractivity contribution in [2.45, 2.75) is 26.2 Å². The first-order valence-electron chi connectivity index (χ1n) is 4.34. The Morgan fingerprint density at radius 3 is 3.00 bits per heavy atom. The molecule has 0 aromatic heterocycles. The average Bonchev–Trinajstić information content (AvgIpc) is 2.09. The van der Waals surface area contributed by atoms with Gasteiger partial charge in [-0.05, 0) is 25.2 Å². The molecular formula is C9H15O2. The van der Waals surface area contributed by atoms with Crippen molar-refractivity contribution in [3.8, 4) is 0 Å². The van der Waals surface area contributed by atoms with Gasteiger partial charge >= 0.3 is 0 Å². The molecule has 1 heterocycles. The van der Waals surface area contributed by atoms with E-state index >= 15 is 0 Å². The Kier molecular flexibility index (Phi) is 3.57. The highest BCUT2D eigenvalue weighted by atomic mass is 16.5. The highest BCUT2D eigenvalue weighted by Crippen LogP contribution is 2.22. The molecule has 1 aliphatic rings. The van der Waals surface area contributed by atoms with Crippen molar-refractivity contribution in [2.75, 3.05) is 13.2 Å². The van der Waals surface area contributed by atoms with E-state index in [0.29, 0.717) is 5.92 Å². The Morgan fingerprint density at radius 1 is 1.73 bits per heavy atom. The van der Waals surface area contributed by atoms with E-state index in [1.54, 1.807) is 0 Å². The zero-order valence-electron chi connectivity index (χ0n) is 7.01. The van der Waals surface area contributed by atoms with Gasteiger partial charge in [0.05, 0.1) is 6.61 Å². The Labute approximate surface area is 67.9 Å². The lowest BCUT2D eigenvalue weighted by molar-refractivity contribution is 0.0411. The van der Waals surface area contributed by atoms with Gasteiger partial charge < -0.3 is 4.74 Å². The Hall–Kier alpha value is -0.370. The lowest BCUT2D eigenvalue weighted by Crippen LogP contribution is -2.25. The number of hydrogen-bond donors (Lipinski definition) is 0.